The Bertz CT molecular complexity index is 1240. The van der Waals surface area contributed by atoms with Gasteiger partial charge >= 0.3 is 17.9 Å². The highest BCUT2D eigenvalue weighted by molar-refractivity contribution is 5.71. The van der Waals surface area contributed by atoms with Gasteiger partial charge in [-0.05, 0) is 51.4 Å². The van der Waals surface area contributed by atoms with Gasteiger partial charge in [0.1, 0.15) is 13.2 Å². The van der Waals surface area contributed by atoms with E-state index in [0.717, 1.165) is 77.0 Å². The highest BCUT2D eigenvalue weighted by Crippen LogP contribution is 2.19. The molecule has 0 N–H and O–H groups in total. The van der Waals surface area contributed by atoms with Gasteiger partial charge in [0.05, 0.1) is 0 Å². The van der Waals surface area contributed by atoms with Crippen LogP contribution in [0, 0.1) is 0 Å². The maximum atomic E-state index is 12.8. The van der Waals surface area contributed by atoms with Crippen LogP contribution < -0.4 is 0 Å². The van der Waals surface area contributed by atoms with Crippen LogP contribution in [0.5, 0.6) is 0 Å². The van der Waals surface area contributed by atoms with Crippen molar-refractivity contribution in [1.82, 2.24) is 0 Å². The van der Waals surface area contributed by atoms with E-state index < -0.39 is 6.10 Å². The first-order valence-corrected chi connectivity index (χ1v) is 34.8. The van der Waals surface area contributed by atoms with Crippen LogP contribution in [0.3, 0.4) is 0 Å². The number of hydrogen-bond donors (Lipinski definition) is 0. The molecular formula is C71H134O6. The van der Waals surface area contributed by atoms with Crippen molar-refractivity contribution in [2.75, 3.05) is 13.2 Å². The molecule has 454 valence electrons. The molecule has 0 bridgehead atoms. The van der Waals surface area contributed by atoms with Crippen LogP contribution in [-0.4, -0.2) is 37.2 Å². The number of rotatable bonds is 65. The van der Waals surface area contributed by atoms with Crippen molar-refractivity contribution in [2.45, 2.75) is 399 Å². The minimum Gasteiger partial charge on any atom is -0.462 e. The zero-order chi connectivity index (χ0) is 55.7. The summed E-state index contributed by atoms with van der Waals surface area (Å²) in [6.07, 6.45) is 81.0. The Balaban J connectivity index is 3.94. The van der Waals surface area contributed by atoms with Gasteiger partial charge in [-0.25, -0.2) is 0 Å². The van der Waals surface area contributed by atoms with Crippen molar-refractivity contribution >= 4 is 17.9 Å². The highest BCUT2D eigenvalue weighted by Gasteiger charge is 2.19. The van der Waals surface area contributed by atoms with Crippen LogP contribution >= 0.6 is 0 Å². The molecule has 0 fully saturated rings. The van der Waals surface area contributed by atoms with E-state index in [0.29, 0.717) is 19.3 Å². The molecule has 0 aliphatic carbocycles. The minimum atomic E-state index is -0.774. The summed E-state index contributed by atoms with van der Waals surface area (Å²) < 4.78 is 16.9. The van der Waals surface area contributed by atoms with Crippen molar-refractivity contribution in [3.8, 4) is 0 Å². The smallest absolute Gasteiger partial charge is 0.306 e. The topological polar surface area (TPSA) is 78.9 Å². The minimum absolute atomic E-state index is 0.0717. The standard InChI is InChI=1S/C71H134O6/c1-4-7-10-13-16-19-21-23-25-26-27-28-29-30-31-32-33-34-35-36-37-38-39-40-41-42-43-44-46-47-49-52-55-58-61-64-70(73)76-67-68(66-75-69(72)63-60-57-54-51-18-15-12-9-6-3)77-71(74)65-62-59-56-53-50-48-45-24-22-20-17-14-11-8-5-2/h17,20,24,45,68H,4-16,18-19,21-23,25-44,46-67H2,1-3H3/b20-17-,45-24-. The lowest BCUT2D eigenvalue weighted by Gasteiger charge is -2.18. The van der Waals surface area contributed by atoms with Crippen molar-refractivity contribution in [1.29, 1.82) is 0 Å². The van der Waals surface area contributed by atoms with E-state index in [2.05, 4.69) is 45.1 Å². The zero-order valence-corrected chi connectivity index (χ0v) is 52.3. The highest BCUT2D eigenvalue weighted by atomic mass is 16.6. The summed E-state index contributed by atoms with van der Waals surface area (Å²) in [5, 5.41) is 0. The number of carbonyl (C=O) groups is 3. The van der Waals surface area contributed by atoms with Crippen LogP contribution in [0.25, 0.3) is 0 Å². The van der Waals surface area contributed by atoms with E-state index in [9.17, 15) is 14.4 Å². The van der Waals surface area contributed by atoms with E-state index >= 15 is 0 Å². The first kappa shape index (κ1) is 74.9. The number of hydrogen-bond acceptors (Lipinski definition) is 6. The molecule has 0 spiro atoms. The molecule has 1 unspecified atom stereocenters. The van der Waals surface area contributed by atoms with E-state index in [1.165, 1.54) is 276 Å². The molecule has 0 aromatic carbocycles. The number of esters is 3. The van der Waals surface area contributed by atoms with Crippen molar-refractivity contribution in [3.05, 3.63) is 24.3 Å². The molecule has 0 saturated carbocycles. The summed E-state index contributed by atoms with van der Waals surface area (Å²) in [4.78, 5) is 38.1. The largest absolute Gasteiger partial charge is 0.462 e. The van der Waals surface area contributed by atoms with E-state index in [-0.39, 0.29) is 31.1 Å². The number of carbonyl (C=O) groups excluding carboxylic acids is 3. The molecule has 0 heterocycles. The first-order chi connectivity index (χ1) is 38.0. The Hall–Kier alpha value is -2.11. The molecule has 6 nitrogen and oxygen atoms in total. The molecule has 6 heteroatoms. The quantitative estimate of drug-likeness (QED) is 0.0261. The Labute approximate surface area is 481 Å². The molecular weight excluding hydrogens is 949 g/mol. The number of unbranched alkanes of at least 4 members (excludes halogenated alkanes) is 50. The van der Waals surface area contributed by atoms with Gasteiger partial charge in [0, 0.05) is 19.3 Å². The van der Waals surface area contributed by atoms with E-state index in [1.54, 1.807) is 0 Å². The van der Waals surface area contributed by atoms with Crippen LogP contribution in [0.2, 0.25) is 0 Å². The SMILES string of the molecule is CCCCC/C=C\C/C=C\CCCCCCCC(=O)OC(COC(=O)CCCCCCCCCCC)COC(=O)CCCCCCCCCCCCCCCCCCCCCCCCCCCCCCCCCCCCC. The molecule has 0 aliphatic heterocycles. The lowest BCUT2D eigenvalue weighted by atomic mass is 10.0. The van der Waals surface area contributed by atoms with Crippen LogP contribution in [0.1, 0.15) is 393 Å². The summed E-state index contributed by atoms with van der Waals surface area (Å²) in [6.45, 7) is 6.64. The lowest BCUT2D eigenvalue weighted by Crippen LogP contribution is -2.30. The zero-order valence-electron chi connectivity index (χ0n) is 52.3. The molecule has 0 radical (unpaired) electrons. The van der Waals surface area contributed by atoms with E-state index in [1.807, 2.05) is 0 Å². The summed E-state index contributed by atoms with van der Waals surface area (Å²) in [6, 6.07) is 0. The van der Waals surface area contributed by atoms with Gasteiger partial charge in [0.15, 0.2) is 6.10 Å². The molecule has 0 aromatic heterocycles. The normalized spacial score (nSPS) is 12.1. The summed E-state index contributed by atoms with van der Waals surface area (Å²) in [5.74, 6) is -0.865. The fourth-order valence-electron chi connectivity index (χ4n) is 10.7. The Morgan fingerprint density at radius 2 is 0.468 bits per heavy atom. The van der Waals surface area contributed by atoms with Gasteiger partial charge in [-0.15, -0.1) is 0 Å². The molecule has 0 aromatic rings. The molecule has 77 heavy (non-hydrogen) atoms. The van der Waals surface area contributed by atoms with Gasteiger partial charge in [0.2, 0.25) is 0 Å². The summed E-state index contributed by atoms with van der Waals surface area (Å²) in [5.41, 5.74) is 0. The summed E-state index contributed by atoms with van der Waals surface area (Å²) in [7, 11) is 0. The maximum absolute atomic E-state index is 12.8. The van der Waals surface area contributed by atoms with Crippen LogP contribution in [-0.2, 0) is 28.6 Å². The van der Waals surface area contributed by atoms with Gasteiger partial charge in [-0.2, -0.15) is 0 Å². The predicted octanol–water partition coefficient (Wildman–Crippen LogP) is 23.8. The third-order valence-corrected chi connectivity index (χ3v) is 16.0. The molecule has 1 atom stereocenters. The molecule has 0 amide bonds. The average molecular weight is 1080 g/mol. The lowest BCUT2D eigenvalue weighted by molar-refractivity contribution is -0.167. The second-order valence-corrected chi connectivity index (χ2v) is 23.8. The first-order valence-electron chi connectivity index (χ1n) is 34.8. The van der Waals surface area contributed by atoms with Gasteiger partial charge in [-0.3, -0.25) is 14.4 Å². The van der Waals surface area contributed by atoms with Crippen molar-refractivity contribution < 1.29 is 28.6 Å². The summed E-state index contributed by atoms with van der Waals surface area (Å²) >= 11 is 0. The number of ether oxygens (including phenoxy) is 3. The average Bonchev–Trinajstić information content (AvgIpc) is 3.43. The molecule has 0 saturated heterocycles. The molecule has 0 aliphatic rings. The number of allylic oxidation sites excluding steroid dienone is 4. The fraction of sp³-hybridized carbons (Fsp3) is 0.901. The monoisotopic (exact) mass is 1080 g/mol. The third-order valence-electron chi connectivity index (χ3n) is 16.0. The van der Waals surface area contributed by atoms with Crippen molar-refractivity contribution in [2.24, 2.45) is 0 Å². The van der Waals surface area contributed by atoms with Gasteiger partial charge in [-0.1, -0.05) is 347 Å². The fourth-order valence-corrected chi connectivity index (χ4v) is 10.7. The maximum Gasteiger partial charge on any atom is 0.306 e. The van der Waals surface area contributed by atoms with Gasteiger partial charge < -0.3 is 14.2 Å². The third kappa shape index (κ3) is 64.6. The molecule has 0 rings (SSSR count). The second-order valence-electron chi connectivity index (χ2n) is 23.8. The Morgan fingerprint density at radius 3 is 0.740 bits per heavy atom. The second kappa shape index (κ2) is 66.4. The van der Waals surface area contributed by atoms with Gasteiger partial charge in [0.25, 0.3) is 0 Å². The van der Waals surface area contributed by atoms with Crippen LogP contribution in [0.15, 0.2) is 24.3 Å². The Kier molecular flexibility index (Phi) is 64.6. The predicted molar refractivity (Wildman–Crippen MR) is 335 cm³/mol. The van der Waals surface area contributed by atoms with E-state index in [4.69, 9.17) is 14.2 Å². The van der Waals surface area contributed by atoms with Crippen LogP contribution in [0.4, 0.5) is 0 Å². The van der Waals surface area contributed by atoms with Crippen molar-refractivity contribution in [3.63, 3.8) is 0 Å². The Morgan fingerprint density at radius 1 is 0.260 bits per heavy atom.